The van der Waals surface area contributed by atoms with Crippen molar-refractivity contribution in [2.75, 3.05) is 17.1 Å². The fourth-order valence-electron chi connectivity index (χ4n) is 3.41. The Morgan fingerprint density at radius 1 is 1.00 bits per heavy atom. The highest BCUT2D eigenvalue weighted by atomic mass is 32.2. The lowest BCUT2D eigenvalue weighted by Crippen LogP contribution is -2.49. The fourth-order valence-corrected chi connectivity index (χ4v) is 4.38. The molecule has 1 N–H and O–H groups in total. The highest BCUT2D eigenvalue weighted by Crippen LogP contribution is 2.22. The van der Waals surface area contributed by atoms with E-state index in [1.54, 1.807) is 20.8 Å². The van der Waals surface area contributed by atoms with Crippen LogP contribution in [0.25, 0.3) is 0 Å². The van der Waals surface area contributed by atoms with E-state index in [-0.39, 0.29) is 49.5 Å². The Balaban J connectivity index is 2.17. The zero-order valence-electron chi connectivity index (χ0n) is 19.8. The maximum absolute atomic E-state index is 14.2. The second-order valence-electron chi connectivity index (χ2n) is 8.38. The average Bonchev–Trinajstić information content (AvgIpc) is 2.75. The minimum Gasteiger partial charge on any atom is -0.352 e. The van der Waals surface area contributed by atoms with Gasteiger partial charge in [0.05, 0.1) is 11.9 Å². The van der Waals surface area contributed by atoms with E-state index in [2.05, 4.69) is 5.32 Å². The van der Waals surface area contributed by atoms with Crippen LogP contribution in [0.15, 0.2) is 48.5 Å². The molecule has 0 heterocycles. The van der Waals surface area contributed by atoms with Gasteiger partial charge in [0.25, 0.3) is 0 Å². The van der Waals surface area contributed by atoms with E-state index in [0.29, 0.717) is 5.56 Å². The van der Waals surface area contributed by atoms with Crippen molar-refractivity contribution >= 4 is 27.5 Å². The van der Waals surface area contributed by atoms with Gasteiger partial charge in [0.15, 0.2) is 0 Å². The number of carbonyl (C=O) groups excluding carboxylic acids is 2. The molecule has 0 radical (unpaired) electrons. The summed E-state index contributed by atoms with van der Waals surface area (Å²) in [5.41, 5.74) is 0.549. The van der Waals surface area contributed by atoms with Gasteiger partial charge in [0, 0.05) is 25.6 Å². The number of amides is 2. The molecule has 0 aromatic heterocycles. The number of nitrogens with zero attached hydrogens (tertiary/aromatic N) is 2. The SMILES string of the molecule is CC(C)NC(=O)[C@H](C)N(Cc1ccc(F)cc1)C(=O)CCCN(c1ccccc1F)S(C)(=O)=O. The van der Waals surface area contributed by atoms with Crippen molar-refractivity contribution in [1.29, 1.82) is 0 Å². The number of halogens is 2. The van der Waals surface area contributed by atoms with Crippen molar-refractivity contribution in [2.24, 2.45) is 0 Å². The van der Waals surface area contributed by atoms with Crippen LogP contribution in [0.1, 0.15) is 39.2 Å². The molecule has 2 rings (SSSR count). The number of hydrogen-bond acceptors (Lipinski definition) is 4. The highest BCUT2D eigenvalue weighted by molar-refractivity contribution is 7.92. The van der Waals surface area contributed by atoms with E-state index in [4.69, 9.17) is 0 Å². The number of anilines is 1. The summed E-state index contributed by atoms with van der Waals surface area (Å²) >= 11 is 0. The molecule has 0 bridgehead atoms. The van der Waals surface area contributed by atoms with Gasteiger partial charge in [-0.3, -0.25) is 13.9 Å². The van der Waals surface area contributed by atoms with E-state index < -0.39 is 27.7 Å². The lowest BCUT2D eigenvalue weighted by atomic mass is 10.1. The quantitative estimate of drug-likeness (QED) is 0.517. The number of para-hydroxylation sites is 1. The summed E-state index contributed by atoms with van der Waals surface area (Å²) in [5, 5.41) is 2.77. The molecule has 2 amide bonds. The summed E-state index contributed by atoms with van der Waals surface area (Å²) in [6.07, 6.45) is 1.01. The number of sulfonamides is 1. The van der Waals surface area contributed by atoms with Crippen LogP contribution in [0.4, 0.5) is 14.5 Å². The van der Waals surface area contributed by atoms with Crippen LogP contribution in [0, 0.1) is 11.6 Å². The first-order valence-electron chi connectivity index (χ1n) is 11.0. The van der Waals surface area contributed by atoms with Crippen molar-refractivity contribution in [3.63, 3.8) is 0 Å². The molecule has 186 valence electrons. The molecule has 0 aliphatic heterocycles. The van der Waals surface area contributed by atoms with Gasteiger partial charge in [-0.1, -0.05) is 24.3 Å². The first kappa shape index (κ1) is 27.2. The number of benzene rings is 2. The third-order valence-corrected chi connectivity index (χ3v) is 6.32. The smallest absolute Gasteiger partial charge is 0.242 e. The van der Waals surface area contributed by atoms with Gasteiger partial charge in [0.1, 0.15) is 17.7 Å². The standard InChI is InChI=1S/C24H31F2N3O4S/c1-17(2)27-24(31)18(3)28(16-19-11-13-20(25)14-12-19)23(30)10-7-15-29(34(4,32)33)22-9-6-5-8-21(22)26/h5-6,8-9,11-14,17-18H,7,10,15-16H2,1-4H3,(H,27,31)/t18-/m0/s1. The number of carbonyl (C=O) groups is 2. The third-order valence-electron chi connectivity index (χ3n) is 5.14. The number of rotatable bonds is 11. The Hall–Kier alpha value is -3.01. The van der Waals surface area contributed by atoms with Crippen molar-refractivity contribution in [1.82, 2.24) is 10.2 Å². The second kappa shape index (κ2) is 11.9. The van der Waals surface area contributed by atoms with Crippen LogP contribution >= 0.6 is 0 Å². The minimum absolute atomic E-state index is 0.0685. The maximum Gasteiger partial charge on any atom is 0.242 e. The Kier molecular flexibility index (Phi) is 9.55. The molecule has 0 aliphatic rings. The third kappa shape index (κ3) is 7.79. The van der Waals surface area contributed by atoms with Crippen molar-refractivity contribution in [2.45, 2.75) is 52.2 Å². The first-order chi connectivity index (χ1) is 15.9. The number of nitrogens with one attached hydrogen (secondary N) is 1. The molecular formula is C24H31F2N3O4S. The molecule has 0 saturated carbocycles. The zero-order valence-corrected chi connectivity index (χ0v) is 20.6. The van der Waals surface area contributed by atoms with E-state index in [0.717, 1.165) is 16.6 Å². The normalized spacial score (nSPS) is 12.3. The summed E-state index contributed by atoms with van der Waals surface area (Å²) in [4.78, 5) is 27.1. The lowest BCUT2D eigenvalue weighted by Gasteiger charge is -2.30. The summed E-state index contributed by atoms with van der Waals surface area (Å²) in [6, 6.07) is 10.2. The van der Waals surface area contributed by atoms with Crippen LogP contribution in [0.2, 0.25) is 0 Å². The van der Waals surface area contributed by atoms with Gasteiger partial charge in [-0.15, -0.1) is 0 Å². The molecule has 0 fully saturated rings. The van der Waals surface area contributed by atoms with E-state index >= 15 is 0 Å². The number of hydrogen-bond donors (Lipinski definition) is 1. The molecule has 7 nitrogen and oxygen atoms in total. The predicted molar refractivity (Wildman–Crippen MR) is 128 cm³/mol. The summed E-state index contributed by atoms with van der Waals surface area (Å²) in [5.74, 6) is -1.82. The van der Waals surface area contributed by atoms with Crippen molar-refractivity contribution in [3.05, 3.63) is 65.7 Å². The molecular weight excluding hydrogens is 464 g/mol. The van der Waals surface area contributed by atoms with Crippen LogP contribution in [0.5, 0.6) is 0 Å². The molecule has 0 aliphatic carbocycles. The summed E-state index contributed by atoms with van der Waals surface area (Å²) < 4.78 is 52.9. The van der Waals surface area contributed by atoms with Crippen LogP contribution < -0.4 is 9.62 Å². The van der Waals surface area contributed by atoms with Gasteiger partial charge in [0.2, 0.25) is 21.8 Å². The Morgan fingerprint density at radius 2 is 1.62 bits per heavy atom. The van der Waals surface area contributed by atoms with E-state index in [1.165, 1.54) is 47.4 Å². The monoisotopic (exact) mass is 495 g/mol. The van der Waals surface area contributed by atoms with Gasteiger partial charge < -0.3 is 10.2 Å². The topological polar surface area (TPSA) is 86.8 Å². The molecule has 2 aromatic rings. The van der Waals surface area contributed by atoms with E-state index in [9.17, 15) is 26.8 Å². The van der Waals surface area contributed by atoms with Crippen molar-refractivity contribution in [3.8, 4) is 0 Å². The Morgan fingerprint density at radius 3 is 2.18 bits per heavy atom. The van der Waals surface area contributed by atoms with Gasteiger partial charge in [-0.05, 0) is 57.0 Å². The average molecular weight is 496 g/mol. The molecule has 10 heteroatoms. The van der Waals surface area contributed by atoms with E-state index in [1.807, 2.05) is 0 Å². The predicted octanol–water partition coefficient (Wildman–Crippen LogP) is 3.45. The van der Waals surface area contributed by atoms with Crippen LogP contribution in [0.3, 0.4) is 0 Å². The molecule has 34 heavy (non-hydrogen) atoms. The zero-order chi connectivity index (χ0) is 25.5. The Bertz CT molecular complexity index is 1090. The molecule has 1 atom stereocenters. The van der Waals surface area contributed by atoms with Crippen LogP contribution in [-0.2, 0) is 26.2 Å². The van der Waals surface area contributed by atoms with Gasteiger partial charge in [-0.25, -0.2) is 17.2 Å². The molecule has 0 unspecified atom stereocenters. The summed E-state index contributed by atoms with van der Waals surface area (Å²) in [7, 11) is -3.79. The molecule has 0 spiro atoms. The molecule has 2 aromatic carbocycles. The summed E-state index contributed by atoms with van der Waals surface area (Å²) in [6.45, 7) is 5.18. The maximum atomic E-state index is 14.2. The molecule has 0 saturated heterocycles. The highest BCUT2D eigenvalue weighted by Gasteiger charge is 2.27. The first-order valence-corrected chi connectivity index (χ1v) is 12.8. The second-order valence-corrected chi connectivity index (χ2v) is 10.3. The van der Waals surface area contributed by atoms with Gasteiger partial charge in [-0.2, -0.15) is 0 Å². The Labute approximate surface area is 199 Å². The van der Waals surface area contributed by atoms with Crippen LogP contribution in [-0.4, -0.2) is 50.0 Å². The minimum atomic E-state index is -3.79. The fraction of sp³-hybridized carbons (Fsp3) is 0.417. The van der Waals surface area contributed by atoms with Gasteiger partial charge >= 0.3 is 0 Å². The largest absolute Gasteiger partial charge is 0.352 e. The van der Waals surface area contributed by atoms with Crippen molar-refractivity contribution < 1.29 is 26.8 Å². The lowest BCUT2D eigenvalue weighted by molar-refractivity contribution is -0.140.